The molecule has 0 fully saturated rings. The van der Waals surface area contributed by atoms with E-state index < -0.39 is 0 Å². The van der Waals surface area contributed by atoms with Gasteiger partial charge in [0.15, 0.2) is 0 Å². The molecule has 0 aliphatic heterocycles. The van der Waals surface area contributed by atoms with Crippen LogP contribution in [0.1, 0.15) is 26.3 Å². The largest absolute Gasteiger partial charge is 0.492 e. The smallest absolute Gasteiger partial charge is 0.137 e. The lowest BCUT2D eigenvalue weighted by Crippen LogP contribution is -2.28. The number of nitriles is 1. The molecule has 0 saturated carbocycles. The lowest BCUT2D eigenvalue weighted by Gasteiger charge is -2.29. The van der Waals surface area contributed by atoms with Crippen molar-refractivity contribution in [3.8, 4) is 11.8 Å². The molecule has 17 heavy (non-hydrogen) atoms. The maximum Gasteiger partial charge on any atom is 0.137 e. The highest BCUT2D eigenvalue weighted by atomic mass is 79.9. The predicted octanol–water partition coefficient (Wildman–Crippen LogP) is 3.99. The molecule has 0 radical (unpaired) electrons. The van der Waals surface area contributed by atoms with Crippen LogP contribution in [0, 0.1) is 22.7 Å². The lowest BCUT2D eigenvalue weighted by atomic mass is 9.83. The van der Waals surface area contributed by atoms with E-state index in [1.54, 1.807) is 6.07 Å². The van der Waals surface area contributed by atoms with Crippen molar-refractivity contribution in [3.05, 3.63) is 29.8 Å². The van der Waals surface area contributed by atoms with E-state index in [4.69, 9.17) is 10.00 Å². The second-order valence-corrected chi connectivity index (χ2v) is 5.78. The molecule has 0 saturated heterocycles. The van der Waals surface area contributed by atoms with E-state index in [0.717, 1.165) is 5.33 Å². The molecule has 1 rings (SSSR count). The van der Waals surface area contributed by atoms with Crippen LogP contribution < -0.4 is 4.74 Å². The summed E-state index contributed by atoms with van der Waals surface area (Å²) >= 11 is 3.52. The molecule has 1 atom stereocenters. The zero-order chi connectivity index (χ0) is 12.9. The zero-order valence-corrected chi connectivity index (χ0v) is 12.1. The third kappa shape index (κ3) is 4.05. The molecule has 2 nitrogen and oxygen atoms in total. The molecule has 1 unspecified atom stereocenters. The number of hydrogen-bond acceptors (Lipinski definition) is 2. The van der Waals surface area contributed by atoms with Crippen LogP contribution in [0.5, 0.6) is 5.75 Å². The van der Waals surface area contributed by atoms with Crippen LogP contribution >= 0.6 is 15.9 Å². The molecule has 0 bridgehead atoms. The Morgan fingerprint density at radius 2 is 2.00 bits per heavy atom. The Balaban J connectivity index is 2.70. The van der Waals surface area contributed by atoms with E-state index in [-0.39, 0.29) is 5.41 Å². The fourth-order valence-electron chi connectivity index (χ4n) is 1.40. The molecule has 0 aromatic heterocycles. The first-order chi connectivity index (χ1) is 7.99. The van der Waals surface area contributed by atoms with Gasteiger partial charge in [0.1, 0.15) is 11.8 Å². The molecule has 0 amide bonds. The monoisotopic (exact) mass is 295 g/mol. The van der Waals surface area contributed by atoms with Gasteiger partial charge in [0.2, 0.25) is 0 Å². The van der Waals surface area contributed by atoms with Gasteiger partial charge in [-0.2, -0.15) is 5.26 Å². The summed E-state index contributed by atoms with van der Waals surface area (Å²) in [5.41, 5.74) is 0.778. The van der Waals surface area contributed by atoms with E-state index in [1.165, 1.54) is 0 Å². The average Bonchev–Trinajstić information content (AvgIpc) is 2.28. The maximum atomic E-state index is 8.96. The molecule has 92 valence electrons. The molecule has 3 heteroatoms. The minimum Gasteiger partial charge on any atom is -0.492 e. The molecule has 0 N–H and O–H groups in total. The first-order valence-electron chi connectivity index (χ1n) is 5.67. The Kier molecular flexibility index (Phi) is 5.02. The first kappa shape index (κ1) is 14.1. The fraction of sp³-hybridized carbons (Fsp3) is 0.500. The Bertz CT molecular complexity index is 403. The van der Waals surface area contributed by atoms with Crippen molar-refractivity contribution in [3.63, 3.8) is 0 Å². The number of ether oxygens (including phenoxy) is 1. The average molecular weight is 296 g/mol. The molecule has 0 heterocycles. The van der Waals surface area contributed by atoms with Crippen molar-refractivity contribution in [2.45, 2.75) is 20.8 Å². The number of hydrogen-bond donors (Lipinski definition) is 0. The van der Waals surface area contributed by atoms with Gasteiger partial charge in [-0.3, -0.25) is 0 Å². The van der Waals surface area contributed by atoms with E-state index >= 15 is 0 Å². The Morgan fingerprint density at radius 3 is 2.53 bits per heavy atom. The predicted molar refractivity (Wildman–Crippen MR) is 73.4 cm³/mol. The third-order valence-corrected chi connectivity index (χ3v) is 3.64. The van der Waals surface area contributed by atoms with Crippen molar-refractivity contribution in [1.82, 2.24) is 0 Å². The Hall–Kier alpha value is -1.01. The van der Waals surface area contributed by atoms with E-state index in [1.807, 2.05) is 18.2 Å². The molecule has 1 aromatic carbocycles. The SMILES string of the molecule is CC(C)(C)C(CBr)COc1ccccc1C#N. The fourth-order valence-corrected chi connectivity index (χ4v) is 2.56. The van der Waals surface area contributed by atoms with Gasteiger partial charge in [0, 0.05) is 11.2 Å². The summed E-state index contributed by atoms with van der Waals surface area (Å²) in [5, 5.41) is 9.86. The maximum absolute atomic E-state index is 8.96. The molecule has 0 aliphatic carbocycles. The van der Waals surface area contributed by atoms with E-state index in [9.17, 15) is 0 Å². The van der Waals surface area contributed by atoms with E-state index in [2.05, 4.69) is 42.8 Å². The highest BCUT2D eigenvalue weighted by Crippen LogP contribution is 2.28. The van der Waals surface area contributed by atoms with Crippen molar-refractivity contribution >= 4 is 15.9 Å². The highest BCUT2D eigenvalue weighted by molar-refractivity contribution is 9.09. The number of nitrogens with zero attached hydrogens (tertiary/aromatic N) is 1. The summed E-state index contributed by atoms with van der Waals surface area (Å²) in [6, 6.07) is 9.48. The van der Waals surface area contributed by atoms with Crippen LogP contribution in [0.15, 0.2) is 24.3 Å². The second-order valence-electron chi connectivity index (χ2n) is 5.14. The summed E-state index contributed by atoms with van der Waals surface area (Å²) in [4.78, 5) is 0. The van der Waals surface area contributed by atoms with Gasteiger partial charge in [-0.15, -0.1) is 0 Å². The molecule has 0 spiro atoms. The second kappa shape index (κ2) is 6.07. The molecule has 1 aromatic rings. The van der Waals surface area contributed by atoms with Crippen molar-refractivity contribution < 1.29 is 4.74 Å². The van der Waals surface area contributed by atoms with Gasteiger partial charge in [-0.05, 0) is 17.5 Å². The highest BCUT2D eigenvalue weighted by Gasteiger charge is 2.24. The summed E-state index contributed by atoms with van der Waals surface area (Å²) in [6.07, 6.45) is 0. The van der Waals surface area contributed by atoms with Gasteiger partial charge >= 0.3 is 0 Å². The summed E-state index contributed by atoms with van der Waals surface area (Å²) in [5.74, 6) is 1.08. The quantitative estimate of drug-likeness (QED) is 0.787. The number of rotatable bonds is 4. The van der Waals surface area contributed by atoms with Gasteiger partial charge < -0.3 is 4.74 Å². The third-order valence-electron chi connectivity index (χ3n) is 2.86. The minimum absolute atomic E-state index is 0.186. The van der Waals surface area contributed by atoms with Crippen LogP contribution in [-0.2, 0) is 0 Å². The van der Waals surface area contributed by atoms with Crippen molar-refractivity contribution in [2.24, 2.45) is 11.3 Å². The zero-order valence-electron chi connectivity index (χ0n) is 10.5. The standard InChI is InChI=1S/C14H18BrNO/c1-14(2,3)12(8-15)10-17-13-7-5-4-6-11(13)9-16/h4-7,12H,8,10H2,1-3H3. The number of halogens is 1. The van der Waals surface area contributed by atoms with Crippen LogP contribution in [0.2, 0.25) is 0 Å². The number of benzene rings is 1. The Labute approximate surface area is 112 Å². The van der Waals surface area contributed by atoms with E-state index in [0.29, 0.717) is 23.8 Å². The number of para-hydroxylation sites is 1. The van der Waals surface area contributed by atoms with Gasteiger partial charge in [-0.25, -0.2) is 0 Å². The summed E-state index contributed by atoms with van der Waals surface area (Å²) in [7, 11) is 0. The molecule has 0 aliphatic rings. The van der Waals surface area contributed by atoms with Gasteiger partial charge in [-0.1, -0.05) is 48.8 Å². The Morgan fingerprint density at radius 1 is 1.35 bits per heavy atom. The first-order valence-corrected chi connectivity index (χ1v) is 6.79. The molecular weight excluding hydrogens is 278 g/mol. The topological polar surface area (TPSA) is 33.0 Å². The van der Waals surface area contributed by atoms with Gasteiger partial charge in [0.25, 0.3) is 0 Å². The van der Waals surface area contributed by atoms with Gasteiger partial charge in [0.05, 0.1) is 12.2 Å². The van der Waals surface area contributed by atoms with Crippen molar-refractivity contribution in [1.29, 1.82) is 5.26 Å². The normalized spacial score (nSPS) is 12.9. The summed E-state index contributed by atoms with van der Waals surface area (Å²) < 4.78 is 5.76. The number of alkyl halides is 1. The van der Waals surface area contributed by atoms with Crippen LogP contribution in [0.3, 0.4) is 0 Å². The minimum atomic E-state index is 0.186. The van der Waals surface area contributed by atoms with Crippen LogP contribution in [-0.4, -0.2) is 11.9 Å². The van der Waals surface area contributed by atoms with Crippen molar-refractivity contribution in [2.75, 3.05) is 11.9 Å². The summed E-state index contributed by atoms with van der Waals surface area (Å²) in [6.45, 7) is 7.20. The molecular formula is C14H18BrNO. The van der Waals surface area contributed by atoms with Crippen LogP contribution in [0.25, 0.3) is 0 Å². The van der Waals surface area contributed by atoms with Crippen LogP contribution in [0.4, 0.5) is 0 Å². The lowest BCUT2D eigenvalue weighted by molar-refractivity contribution is 0.165.